The molecule has 0 bridgehead atoms. The number of anilines is 3. The third-order valence-electron chi connectivity index (χ3n) is 16.4. The second-order valence-corrected chi connectivity index (χ2v) is 22.3. The number of aryl methyl sites for hydroxylation is 1. The van der Waals surface area contributed by atoms with Crippen molar-refractivity contribution in [3.63, 3.8) is 0 Å². The fourth-order valence-electron chi connectivity index (χ4n) is 12.9. The van der Waals surface area contributed by atoms with Gasteiger partial charge in [-0.25, -0.2) is 18.7 Å². The van der Waals surface area contributed by atoms with Gasteiger partial charge in [0.2, 0.25) is 17.7 Å². The molecule has 2 aromatic carbocycles. The van der Waals surface area contributed by atoms with Crippen molar-refractivity contribution in [3.8, 4) is 23.2 Å². The molecule has 1 aliphatic carbocycles. The van der Waals surface area contributed by atoms with E-state index in [1.54, 1.807) is 49.6 Å². The van der Waals surface area contributed by atoms with Gasteiger partial charge in [0, 0.05) is 123 Å². The number of H-pyrrole nitrogens is 1. The first-order chi connectivity index (χ1) is 34.4. The number of nitriles is 1. The number of halogens is 3. The third-order valence-corrected chi connectivity index (χ3v) is 16.7. The zero-order valence-electron chi connectivity index (χ0n) is 42.0. The summed E-state index contributed by atoms with van der Waals surface area (Å²) >= 11 is 6.29. The number of rotatable bonds is 11. The van der Waals surface area contributed by atoms with Crippen LogP contribution in [0, 0.1) is 39.9 Å². The van der Waals surface area contributed by atoms with E-state index in [1.807, 2.05) is 4.90 Å². The lowest BCUT2D eigenvalue weighted by Crippen LogP contribution is -2.74. The molecule has 2 saturated heterocycles. The van der Waals surface area contributed by atoms with E-state index in [0.717, 1.165) is 81.0 Å². The molecule has 0 spiro atoms. The summed E-state index contributed by atoms with van der Waals surface area (Å²) in [6.07, 6.45) is 4.35. The number of benzene rings is 2. The quantitative estimate of drug-likeness (QED) is 0.130. The minimum Gasteiger partial charge on any atom is -0.489 e. The van der Waals surface area contributed by atoms with Crippen molar-refractivity contribution in [1.29, 1.82) is 5.26 Å². The molecule has 0 radical (unpaired) electrons. The van der Waals surface area contributed by atoms with Crippen LogP contribution in [0.3, 0.4) is 0 Å². The van der Waals surface area contributed by atoms with E-state index in [2.05, 4.69) is 92.9 Å². The number of aromatic amines is 1. The molecule has 2 N–H and O–H groups in total. The fraction of sp³-hybridized carbons (Fsp3) is 0.558. The number of alkyl halides is 2. The molecular formula is C52H63ClF2N14O3. The first kappa shape index (κ1) is 49.3. The lowest BCUT2D eigenvalue weighted by Gasteiger charge is -2.63. The zero-order valence-corrected chi connectivity index (χ0v) is 42.8. The van der Waals surface area contributed by atoms with Gasteiger partial charge in [-0.1, -0.05) is 53.1 Å². The summed E-state index contributed by atoms with van der Waals surface area (Å²) in [5.74, 6) is 3.08. The number of likely N-dealkylation sites (tertiary alicyclic amines) is 1. The van der Waals surface area contributed by atoms with Crippen LogP contribution >= 0.6 is 11.6 Å². The van der Waals surface area contributed by atoms with Crippen LogP contribution in [-0.2, 0) is 24.2 Å². The van der Waals surface area contributed by atoms with Gasteiger partial charge in [-0.3, -0.25) is 14.3 Å². The number of fused-ring (bicyclic) bond motifs is 2. The van der Waals surface area contributed by atoms with Crippen LogP contribution < -0.4 is 19.9 Å². The predicted molar refractivity (Wildman–Crippen MR) is 267 cm³/mol. The highest BCUT2D eigenvalue weighted by molar-refractivity contribution is 6.31. The Labute approximate surface area is 423 Å². The minimum absolute atomic E-state index is 0.00451. The maximum absolute atomic E-state index is 14.7. The number of ether oxygens (including phenoxy) is 1. The smallest absolute Gasteiger partial charge is 0.264 e. The van der Waals surface area contributed by atoms with Gasteiger partial charge in [-0.05, 0) is 78.5 Å². The Kier molecular flexibility index (Phi) is 13.2. The fourth-order valence-corrected chi connectivity index (χ4v) is 13.1. The monoisotopic (exact) mass is 1000 g/mol. The highest BCUT2D eigenvalue weighted by atomic mass is 35.5. The number of carbonyl (C=O) groups is 2. The molecule has 1 saturated carbocycles. The largest absolute Gasteiger partial charge is 0.489 e. The van der Waals surface area contributed by atoms with E-state index in [1.165, 1.54) is 0 Å². The first-order valence-electron chi connectivity index (χ1n) is 25.2. The SMILES string of the molecule is CC(=O)N1CCc2c(c(N3CCCc4cc(-c5nn[nH]n5)c(C(F)F)cc43)nn2C2CCN(CC3[C@H](C)CN(c4ncc(C(=O)NC5C(C)(C)C(Oc6ccc(C#N)c(Cl)c6)C5(C)C)cn4)C[C@@H]3C)CC2)C1. The van der Waals surface area contributed by atoms with Crippen molar-refractivity contribution < 1.29 is 23.1 Å². The van der Waals surface area contributed by atoms with Gasteiger partial charge in [0.1, 0.15) is 17.9 Å². The van der Waals surface area contributed by atoms with Crippen LogP contribution in [-0.4, -0.2) is 120 Å². The maximum Gasteiger partial charge on any atom is 0.264 e. The van der Waals surface area contributed by atoms with Crippen LogP contribution in [0.4, 0.5) is 26.2 Å². The molecule has 72 heavy (non-hydrogen) atoms. The van der Waals surface area contributed by atoms with Gasteiger partial charge in [-0.15, -0.1) is 10.2 Å². The van der Waals surface area contributed by atoms with Crippen LogP contribution in [0.15, 0.2) is 42.7 Å². The van der Waals surface area contributed by atoms with Crippen molar-refractivity contribution in [1.82, 2.24) is 55.5 Å². The van der Waals surface area contributed by atoms with Crippen molar-refractivity contribution >= 4 is 40.9 Å². The van der Waals surface area contributed by atoms with Gasteiger partial charge in [0.15, 0.2) is 5.82 Å². The van der Waals surface area contributed by atoms with E-state index in [0.29, 0.717) is 77.3 Å². The van der Waals surface area contributed by atoms with Gasteiger partial charge in [0.25, 0.3) is 12.3 Å². The van der Waals surface area contributed by atoms with Crippen LogP contribution in [0.1, 0.15) is 119 Å². The molecule has 3 atom stereocenters. The summed E-state index contributed by atoms with van der Waals surface area (Å²) in [5, 5.41) is 32.2. The van der Waals surface area contributed by atoms with Crippen molar-refractivity contribution in [3.05, 3.63) is 81.3 Å². The lowest BCUT2D eigenvalue weighted by molar-refractivity contribution is -0.164. The van der Waals surface area contributed by atoms with E-state index in [9.17, 15) is 23.6 Å². The Morgan fingerprint density at radius 3 is 2.36 bits per heavy atom. The Bertz CT molecular complexity index is 2850. The van der Waals surface area contributed by atoms with Gasteiger partial charge >= 0.3 is 0 Å². The van der Waals surface area contributed by atoms with E-state index in [-0.39, 0.29) is 47.0 Å². The maximum atomic E-state index is 14.7. The minimum atomic E-state index is -2.75. The van der Waals surface area contributed by atoms with E-state index in [4.69, 9.17) is 31.4 Å². The number of nitrogens with zero attached hydrogens (tertiary/aromatic N) is 12. The number of carbonyl (C=O) groups excluding carboxylic acids is 2. The highest BCUT2D eigenvalue weighted by Gasteiger charge is 2.64. The highest BCUT2D eigenvalue weighted by Crippen LogP contribution is 2.56. The molecule has 380 valence electrons. The molecule has 10 rings (SSSR count). The summed E-state index contributed by atoms with van der Waals surface area (Å²) in [4.78, 5) is 44.6. The molecule has 4 aliphatic heterocycles. The number of piperidine rings is 2. The van der Waals surface area contributed by atoms with Crippen molar-refractivity contribution in [2.24, 2.45) is 28.6 Å². The number of hydrogen-bond donors (Lipinski definition) is 2. The lowest BCUT2D eigenvalue weighted by atomic mass is 9.49. The average Bonchev–Trinajstić information content (AvgIpc) is 4.04. The second kappa shape index (κ2) is 19.3. The number of hydrogen-bond acceptors (Lipinski definition) is 13. The Balaban J connectivity index is 0.766. The normalized spacial score (nSPS) is 24.0. The summed E-state index contributed by atoms with van der Waals surface area (Å²) < 4.78 is 37.9. The molecule has 3 fully saturated rings. The molecule has 20 heteroatoms. The topological polar surface area (TPSA) is 190 Å². The number of tetrazole rings is 1. The summed E-state index contributed by atoms with van der Waals surface area (Å²) in [7, 11) is 0. The van der Waals surface area contributed by atoms with Crippen molar-refractivity contribution in [2.45, 2.75) is 112 Å². The molecule has 7 heterocycles. The predicted octanol–water partition coefficient (Wildman–Crippen LogP) is 7.96. The molecule has 5 aliphatic rings. The van der Waals surface area contributed by atoms with Gasteiger partial charge in [0.05, 0.1) is 28.7 Å². The number of nitrogens with one attached hydrogen (secondary N) is 2. The second-order valence-electron chi connectivity index (χ2n) is 21.9. The Morgan fingerprint density at radius 1 is 1.00 bits per heavy atom. The molecular weight excluding hydrogens is 942 g/mol. The number of amides is 2. The first-order valence-corrected chi connectivity index (χ1v) is 25.6. The molecule has 2 amide bonds. The third kappa shape index (κ3) is 9.02. The summed E-state index contributed by atoms with van der Waals surface area (Å²) in [6, 6.07) is 10.5. The standard InChI is InChI=1S/C52H63ClF2N14O3/c1-29-25-67(50-57-23-34(24-58-50)47(71)59-48-51(4,5)49(52(48,6)7)72-36-11-10-33(22-56)41(53)20-36)26-30(2)39(29)27-65-16-12-35(13-17-65)69-42-14-18-66(31(3)70)28-40(42)46(62-69)68-15-8-9-32-19-38(45-60-63-64-61-45)37(44(54)55)21-43(32)68/h10-11,19-21,23-24,29-30,35,39,44,48-49H,8-9,12-18,25-28H2,1-7H3,(H,59,71)(H,60,61,63,64)/t29-,30+,39?,48?,49?. The van der Waals surface area contributed by atoms with Gasteiger partial charge < -0.3 is 29.7 Å². The summed E-state index contributed by atoms with van der Waals surface area (Å²) in [6.45, 7) is 20.7. The molecule has 1 unspecified atom stereocenters. The Morgan fingerprint density at radius 2 is 1.72 bits per heavy atom. The van der Waals surface area contributed by atoms with Crippen LogP contribution in [0.5, 0.6) is 5.75 Å². The zero-order chi connectivity index (χ0) is 50.8. The molecule has 5 aromatic rings. The number of aromatic nitrogens is 8. The van der Waals surface area contributed by atoms with Crippen LogP contribution in [0.25, 0.3) is 11.4 Å². The van der Waals surface area contributed by atoms with E-state index < -0.39 is 17.3 Å². The van der Waals surface area contributed by atoms with Crippen molar-refractivity contribution in [2.75, 3.05) is 55.6 Å². The van der Waals surface area contributed by atoms with Crippen LogP contribution in [0.2, 0.25) is 5.02 Å². The van der Waals surface area contributed by atoms with E-state index >= 15 is 0 Å². The Hall–Kier alpha value is -6.26. The molecule has 3 aromatic heterocycles. The van der Waals surface area contributed by atoms with Gasteiger partial charge in [-0.2, -0.15) is 15.6 Å². The average molecular weight is 1010 g/mol. The summed E-state index contributed by atoms with van der Waals surface area (Å²) in [5.41, 5.74) is 3.86. The molecule has 17 nitrogen and oxygen atoms in total.